The molecule has 2 heterocycles. The number of amides is 1. The fourth-order valence-corrected chi connectivity index (χ4v) is 3.99. The van der Waals surface area contributed by atoms with Crippen molar-refractivity contribution in [3.05, 3.63) is 95.2 Å². The smallest absolute Gasteiger partial charge is 0.346 e. The predicted molar refractivity (Wildman–Crippen MR) is 148 cm³/mol. The predicted octanol–water partition coefficient (Wildman–Crippen LogP) is 4.98. The van der Waals surface area contributed by atoms with E-state index in [9.17, 15) is 9.59 Å². The van der Waals surface area contributed by atoms with Crippen LogP contribution in [0.3, 0.4) is 0 Å². The van der Waals surface area contributed by atoms with Crippen LogP contribution in [-0.4, -0.2) is 43.0 Å². The first-order valence-electron chi connectivity index (χ1n) is 12.5. The summed E-state index contributed by atoms with van der Waals surface area (Å²) < 4.78 is 29.2. The number of hydrogen-bond acceptors (Lipinski definition) is 8. The third kappa shape index (κ3) is 6.71. The average molecular weight is 546 g/mol. The monoisotopic (exact) mass is 545 g/mol. The number of carbonyl (C=O) groups is 2. The van der Waals surface area contributed by atoms with Gasteiger partial charge in [0, 0.05) is 17.1 Å². The Bertz CT molecular complexity index is 1480. The van der Waals surface area contributed by atoms with Crippen LogP contribution in [0.2, 0.25) is 0 Å². The molecule has 4 aromatic rings. The molecule has 0 aliphatic carbocycles. The highest BCUT2D eigenvalue weighted by atomic mass is 16.6. The van der Waals surface area contributed by atoms with Crippen molar-refractivity contribution < 1.29 is 33.0 Å². The summed E-state index contributed by atoms with van der Waals surface area (Å²) in [7, 11) is 2.77. The van der Waals surface area contributed by atoms with Crippen molar-refractivity contribution in [1.82, 2.24) is 9.99 Å². The molecule has 208 valence electrons. The van der Waals surface area contributed by atoms with Crippen LogP contribution in [0.15, 0.2) is 76.2 Å². The van der Waals surface area contributed by atoms with Crippen molar-refractivity contribution in [3.8, 4) is 22.9 Å². The first-order chi connectivity index (χ1) is 19.3. The minimum atomic E-state index is -0.800. The molecule has 0 aliphatic heterocycles. The molecule has 0 unspecified atom stereocenters. The van der Waals surface area contributed by atoms with Gasteiger partial charge in [0.2, 0.25) is 0 Å². The van der Waals surface area contributed by atoms with Crippen molar-refractivity contribution >= 4 is 18.1 Å². The summed E-state index contributed by atoms with van der Waals surface area (Å²) in [5.41, 5.74) is 6.44. The number of esters is 1. The van der Waals surface area contributed by atoms with Crippen molar-refractivity contribution in [1.29, 1.82) is 0 Å². The average Bonchev–Trinajstić information content (AvgIpc) is 3.58. The Labute approximate surface area is 232 Å². The number of hydrazone groups is 1. The van der Waals surface area contributed by atoms with Gasteiger partial charge in [-0.25, -0.2) is 10.2 Å². The van der Waals surface area contributed by atoms with Crippen molar-refractivity contribution in [3.63, 3.8) is 0 Å². The molecule has 40 heavy (non-hydrogen) atoms. The Morgan fingerprint density at radius 1 is 0.975 bits per heavy atom. The van der Waals surface area contributed by atoms with E-state index in [0.717, 1.165) is 17.1 Å². The van der Waals surface area contributed by atoms with Gasteiger partial charge in [-0.15, -0.1) is 0 Å². The molecule has 10 nitrogen and oxygen atoms in total. The number of furan rings is 1. The van der Waals surface area contributed by atoms with Crippen LogP contribution < -0.4 is 19.6 Å². The normalized spacial score (nSPS) is 11.7. The molecule has 0 bridgehead atoms. The van der Waals surface area contributed by atoms with E-state index in [2.05, 4.69) is 45.8 Å². The van der Waals surface area contributed by atoms with Gasteiger partial charge in [0.15, 0.2) is 23.4 Å². The lowest BCUT2D eigenvalue weighted by Crippen LogP contribution is -2.25. The first kappa shape index (κ1) is 28.0. The number of aryl methyl sites for hydroxylation is 2. The van der Waals surface area contributed by atoms with Crippen molar-refractivity contribution in [2.24, 2.45) is 5.10 Å². The van der Waals surface area contributed by atoms with Crippen LogP contribution in [0.5, 0.6) is 17.2 Å². The first-order valence-corrected chi connectivity index (χ1v) is 12.5. The van der Waals surface area contributed by atoms with E-state index in [1.165, 1.54) is 20.4 Å². The molecule has 0 spiro atoms. The second-order valence-corrected chi connectivity index (χ2v) is 8.89. The quantitative estimate of drug-likeness (QED) is 0.161. The number of ether oxygens (including phenoxy) is 4. The van der Waals surface area contributed by atoms with E-state index in [4.69, 9.17) is 18.6 Å². The summed E-state index contributed by atoms with van der Waals surface area (Å²) >= 11 is 0. The second-order valence-electron chi connectivity index (χ2n) is 8.89. The molecule has 2 aromatic carbocycles. The number of carbonyl (C=O) groups excluding carboxylic acids is 2. The minimum Gasteiger partial charge on any atom is -0.493 e. The highest BCUT2D eigenvalue weighted by Crippen LogP contribution is 2.28. The zero-order valence-corrected chi connectivity index (χ0v) is 23.0. The third-order valence-electron chi connectivity index (χ3n) is 6.04. The largest absolute Gasteiger partial charge is 0.493 e. The van der Waals surface area contributed by atoms with Gasteiger partial charge >= 0.3 is 11.9 Å². The van der Waals surface area contributed by atoms with Gasteiger partial charge in [0.05, 0.1) is 20.4 Å². The molecule has 0 radical (unpaired) electrons. The molecule has 4 rings (SSSR count). The Morgan fingerprint density at radius 2 is 1.70 bits per heavy atom. The maximum Gasteiger partial charge on any atom is 0.346 e. The number of hydrogen-bond donors (Lipinski definition) is 1. The maximum absolute atomic E-state index is 12.5. The standard InChI is InChI=1S/C30H31N3O7/c1-19-6-7-20(2)33(19)23-9-11-24(12-10-23)38-18-25-13-15-27(40-25)29(34)32-31-17-22-8-14-26(28(16-22)36-4)39-21(3)30(35)37-5/h6-17,21H,18H2,1-5H3,(H,32,34)/b31-17+/t21-/m1/s1. The summed E-state index contributed by atoms with van der Waals surface area (Å²) in [6, 6.07) is 20.2. The highest BCUT2D eigenvalue weighted by Gasteiger charge is 2.17. The lowest BCUT2D eigenvalue weighted by molar-refractivity contribution is -0.147. The zero-order valence-electron chi connectivity index (χ0n) is 23.0. The summed E-state index contributed by atoms with van der Waals surface area (Å²) in [6.07, 6.45) is 0.645. The van der Waals surface area contributed by atoms with Crippen LogP contribution in [-0.2, 0) is 16.1 Å². The number of methoxy groups -OCH3 is 2. The second kappa shape index (κ2) is 12.7. The summed E-state index contributed by atoms with van der Waals surface area (Å²) in [5.74, 6) is 1.03. The molecule has 1 atom stereocenters. The Kier molecular flexibility index (Phi) is 8.90. The molecular weight excluding hydrogens is 514 g/mol. The number of nitrogens with zero attached hydrogens (tertiary/aromatic N) is 2. The fraction of sp³-hybridized carbons (Fsp3) is 0.233. The van der Waals surface area contributed by atoms with Gasteiger partial charge < -0.3 is 27.9 Å². The number of benzene rings is 2. The minimum absolute atomic E-state index is 0.0998. The zero-order chi connectivity index (χ0) is 28.6. The third-order valence-corrected chi connectivity index (χ3v) is 6.04. The van der Waals surface area contributed by atoms with Gasteiger partial charge in [0.25, 0.3) is 0 Å². The summed E-state index contributed by atoms with van der Waals surface area (Å²) in [4.78, 5) is 24.1. The van der Waals surface area contributed by atoms with Crippen molar-refractivity contribution in [2.45, 2.75) is 33.5 Å². The Morgan fingerprint density at radius 3 is 2.38 bits per heavy atom. The van der Waals surface area contributed by atoms with E-state index in [-0.39, 0.29) is 12.4 Å². The number of rotatable bonds is 11. The van der Waals surface area contributed by atoms with Gasteiger partial charge in [-0.2, -0.15) is 5.10 Å². The number of nitrogens with one attached hydrogen (secondary N) is 1. The molecule has 2 aromatic heterocycles. The van der Waals surface area contributed by atoms with E-state index < -0.39 is 18.0 Å². The Hall–Kier alpha value is -4.99. The van der Waals surface area contributed by atoms with E-state index in [0.29, 0.717) is 28.6 Å². The van der Waals surface area contributed by atoms with Gasteiger partial charge in [-0.3, -0.25) is 4.79 Å². The molecule has 10 heteroatoms. The lowest BCUT2D eigenvalue weighted by Gasteiger charge is -2.15. The van der Waals surface area contributed by atoms with Crippen LogP contribution in [0.25, 0.3) is 5.69 Å². The molecule has 1 N–H and O–H groups in total. The van der Waals surface area contributed by atoms with E-state index >= 15 is 0 Å². The maximum atomic E-state index is 12.5. The molecule has 1 amide bonds. The molecule has 0 saturated heterocycles. The van der Waals surface area contributed by atoms with E-state index in [1.807, 2.05) is 24.3 Å². The van der Waals surface area contributed by atoms with Crippen LogP contribution >= 0.6 is 0 Å². The SMILES string of the molecule is COC(=O)[C@@H](C)Oc1ccc(/C=N/NC(=O)c2ccc(COc3ccc(-n4c(C)ccc4C)cc3)o2)cc1OC. The summed E-state index contributed by atoms with van der Waals surface area (Å²) in [6.45, 7) is 5.87. The van der Waals surface area contributed by atoms with Crippen molar-refractivity contribution in [2.75, 3.05) is 14.2 Å². The molecule has 0 saturated carbocycles. The number of aromatic nitrogens is 1. The molecular formula is C30H31N3O7. The fourth-order valence-electron chi connectivity index (χ4n) is 3.99. The summed E-state index contributed by atoms with van der Waals surface area (Å²) in [5, 5.41) is 3.98. The molecule has 0 aliphatic rings. The highest BCUT2D eigenvalue weighted by molar-refractivity contribution is 5.92. The van der Waals surface area contributed by atoms with Gasteiger partial charge in [0.1, 0.15) is 18.1 Å². The Balaban J connectivity index is 1.30. The van der Waals surface area contributed by atoms with Gasteiger partial charge in [-0.1, -0.05) is 0 Å². The van der Waals surface area contributed by atoms with Gasteiger partial charge in [-0.05, 0) is 93.1 Å². The van der Waals surface area contributed by atoms with Crippen LogP contribution in [0.4, 0.5) is 0 Å². The van der Waals surface area contributed by atoms with Crippen LogP contribution in [0, 0.1) is 13.8 Å². The lowest BCUT2D eigenvalue weighted by atomic mass is 10.2. The molecule has 0 fully saturated rings. The van der Waals surface area contributed by atoms with Crippen LogP contribution in [0.1, 0.15) is 40.2 Å². The topological polar surface area (TPSA) is 114 Å². The van der Waals surface area contributed by atoms with E-state index in [1.54, 1.807) is 37.3 Å².